The Labute approximate surface area is 431 Å². The maximum Gasteiger partial charge on any atom is 0.356 e. The maximum atomic E-state index is 11.9. The number of carboxylic acids is 1. The molecular weight excluding hydrogens is 957 g/mol. The molecule has 0 bridgehead atoms. The highest BCUT2D eigenvalue weighted by Crippen LogP contribution is 2.35. The van der Waals surface area contributed by atoms with E-state index in [9.17, 15) is 24.9 Å². The van der Waals surface area contributed by atoms with Crippen molar-refractivity contribution in [3.63, 3.8) is 0 Å². The van der Waals surface area contributed by atoms with Crippen LogP contribution < -0.4 is 22.1 Å². The number of aromatic nitrogens is 6. The number of nitrogens with two attached hydrogens (primary N) is 2. The number of ether oxygens (including phenoxy) is 3. The molecule has 2 aliphatic rings. The number of phenolic OH excluding ortho intramolecular Hbond substituents is 2. The van der Waals surface area contributed by atoms with E-state index in [0.717, 1.165) is 79.8 Å². The molecule has 20 nitrogen and oxygen atoms in total. The number of carboxylic acid groups (broad SMARTS) is 1. The van der Waals surface area contributed by atoms with E-state index in [1.54, 1.807) is 82.3 Å². The summed E-state index contributed by atoms with van der Waals surface area (Å²) in [6, 6.07) is 17.6. The third kappa shape index (κ3) is 11.1. The van der Waals surface area contributed by atoms with Gasteiger partial charge < -0.3 is 51.6 Å². The number of aromatic hydroxyl groups is 2. The molecule has 2 saturated heterocycles. The van der Waals surface area contributed by atoms with Crippen LogP contribution in [-0.4, -0.2) is 114 Å². The van der Waals surface area contributed by atoms with Crippen LogP contribution in [0.25, 0.3) is 33.3 Å². The Balaban J connectivity index is 0.000000184. The summed E-state index contributed by atoms with van der Waals surface area (Å²) in [5.41, 5.74) is 26.1. The molecule has 0 spiro atoms. The summed E-state index contributed by atoms with van der Waals surface area (Å²) in [4.78, 5) is 41.0. The largest absolute Gasteiger partial charge is 0.508 e. The number of aromatic carboxylic acids is 1. The van der Waals surface area contributed by atoms with Gasteiger partial charge in [-0.2, -0.15) is 10.2 Å². The Morgan fingerprint density at radius 3 is 1.55 bits per heavy atom. The van der Waals surface area contributed by atoms with Gasteiger partial charge in [-0.3, -0.25) is 0 Å². The van der Waals surface area contributed by atoms with Crippen molar-refractivity contribution < 1.29 is 39.1 Å². The minimum absolute atomic E-state index is 0.00122. The number of aryl methyl sites for hydroxylation is 4. The number of hydrogen-bond donors (Lipinski definition) is 7. The van der Waals surface area contributed by atoms with Crippen LogP contribution in [0.5, 0.6) is 11.5 Å². The van der Waals surface area contributed by atoms with Gasteiger partial charge in [0, 0.05) is 60.3 Å². The number of phenols is 2. The molecular formula is C55H58N12O8. The summed E-state index contributed by atoms with van der Waals surface area (Å²) in [7, 11) is 1.33. The first kappa shape index (κ1) is 51.0. The Hall–Kier alpha value is -8.88. The van der Waals surface area contributed by atoms with Crippen molar-refractivity contribution >= 4 is 57.4 Å². The first-order valence-corrected chi connectivity index (χ1v) is 24.5. The van der Waals surface area contributed by atoms with Gasteiger partial charge in [-0.25, -0.2) is 38.6 Å². The number of hydrogen-bond acceptors (Lipinski definition) is 15. The lowest BCUT2D eigenvalue weighted by atomic mass is 10.0. The van der Waals surface area contributed by atoms with E-state index in [0.29, 0.717) is 73.4 Å². The number of rotatable bonds is 14. The SMILES string of the molecule is CCc1cc(O)ccc1N=C(N)c1cnn2cc(-c3cnc(C(=O)O)cc3C)cc2c1N[C@H]1CCOC1.CCc1cc(O)ccc1N=C(N)c1cnn2cc(-c3cnc(C(=O)OC)cc3C)cc2c1N[C@H]1CCOC1. The number of nitrogens with zero attached hydrogens (tertiary/aromatic N) is 8. The molecule has 0 unspecified atom stereocenters. The summed E-state index contributed by atoms with van der Waals surface area (Å²) >= 11 is 0. The molecule has 10 rings (SSSR count). The lowest BCUT2D eigenvalue weighted by Gasteiger charge is -2.17. The molecule has 2 aliphatic heterocycles. The quantitative estimate of drug-likeness (QED) is 0.0309. The molecule has 2 aromatic carbocycles. The molecule has 75 heavy (non-hydrogen) atoms. The standard InChI is InChI=1S/C28H30N6O4.C27H28N6O4/c1-4-17-10-20(35)5-6-23(17)33-27(29)22-13-31-34-14-18(11-25(34)26(22)32-19-7-8-38-15-19)21-12-30-24(9-16(21)2)28(36)37-3;1-3-16-9-19(34)4-5-22(16)32-26(28)21-12-30-33-13-17(20-11-29-23(27(35)36)8-15(20)2)10-24(33)25(21)31-18-6-7-37-14-18/h5-6,9-14,19,32,35H,4,7-8,15H2,1-3H3,(H2,29,33);4-5,8-13,18,31,34H,3,6-7,14H2,1-2H3,(H2,28,32)(H,35,36)/t19-;18-/m00/s1. The van der Waals surface area contributed by atoms with E-state index in [4.69, 9.17) is 30.7 Å². The third-order valence-corrected chi connectivity index (χ3v) is 13.2. The fraction of sp³-hybridized carbons (Fsp3) is 0.273. The van der Waals surface area contributed by atoms with E-state index < -0.39 is 11.9 Å². The van der Waals surface area contributed by atoms with Crippen molar-refractivity contribution in [2.45, 2.75) is 65.5 Å². The number of carbonyl (C=O) groups excluding carboxylic acids is 1. The molecule has 0 radical (unpaired) electrons. The first-order chi connectivity index (χ1) is 36.2. The number of nitrogens with one attached hydrogen (secondary N) is 2. The normalized spacial score (nSPS) is 15.7. The van der Waals surface area contributed by atoms with Crippen LogP contribution in [-0.2, 0) is 27.1 Å². The Morgan fingerprint density at radius 2 is 1.15 bits per heavy atom. The summed E-state index contributed by atoms with van der Waals surface area (Å²) in [5, 5.41) is 45.4. The third-order valence-electron chi connectivity index (χ3n) is 13.2. The second-order valence-electron chi connectivity index (χ2n) is 18.3. The van der Waals surface area contributed by atoms with Gasteiger partial charge in [0.25, 0.3) is 0 Å². The van der Waals surface area contributed by atoms with Crippen molar-refractivity contribution in [1.82, 2.24) is 29.2 Å². The number of carbonyl (C=O) groups is 2. The van der Waals surface area contributed by atoms with E-state index in [-0.39, 0.29) is 35.0 Å². The number of fused-ring (bicyclic) bond motifs is 2. The van der Waals surface area contributed by atoms with Gasteiger partial charge in [-0.05, 0) is 122 Å². The summed E-state index contributed by atoms with van der Waals surface area (Å²) in [5.74, 6) is -0.567. The summed E-state index contributed by atoms with van der Waals surface area (Å²) < 4.78 is 19.5. The van der Waals surface area contributed by atoms with E-state index in [1.807, 2.05) is 52.2 Å². The molecule has 2 fully saturated rings. The summed E-state index contributed by atoms with van der Waals surface area (Å²) in [6.45, 7) is 10.3. The van der Waals surface area contributed by atoms with Crippen LogP contribution >= 0.6 is 0 Å². The van der Waals surface area contributed by atoms with Gasteiger partial charge in [-0.1, -0.05) is 13.8 Å². The second-order valence-corrected chi connectivity index (χ2v) is 18.3. The molecule has 0 aliphatic carbocycles. The molecule has 8 heterocycles. The molecule has 2 atom stereocenters. The maximum absolute atomic E-state index is 11.9. The van der Waals surface area contributed by atoms with Crippen molar-refractivity contribution in [3.05, 3.63) is 143 Å². The molecule has 0 saturated carbocycles. The van der Waals surface area contributed by atoms with E-state index in [2.05, 4.69) is 35.8 Å². The predicted octanol–water partition coefficient (Wildman–Crippen LogP) is 7.91. The zero-order valence-electron chi connectivity index (χ0n) is 42.2. The lowest BCUT2D eigenvalue weighted by Crippen LogP contribution is -2.24. The minimum atomic E-state index is -1.07. The fourth-order valence-corrected chi connectivity index (χ4v) is 9.16. The molecule has 6 aromatic heterocycles. The van der Waals surface area contributed by atoms with Crippen LogP contribution in [0, 0.1) is 13.8 Å². The van der Waals surface area contributed by atoms with Crippen LogP contribution in [0.1, 0.15) is 81.0 Å². The molecule has 0 amide bonds. The number of esters is 1. The molecule has 20 heteroatoms. The molecule has 386 valence electrons. The van der Waals surface area contributed by atoms with Crippen molar-refractivity contribution in [1.29, 1.82) is 0 Å². The zero-order valence-corrected chi connectivity index (χ0v) is 42.2. The van der Waals surface area contributed by atoms with Gasteiger partial charge in [0.1, 0.15) is 34.6 Å². The average molecular weight is 1020 g/mol. The molecule has 8 aromatic rings. The van der Waals surface area contributed by atoms with E-state index >= 15 is 0 Å². The van der Waals surface area contributed by atoms with Crippen molar-refractivity contribution in [2.75, 3.05) is 44.2 Å². The number of anilines is 2. The number of methoxy groups -OCH3 is 1. The Kier molecular flexibility index (Phi) is 15.0. The predicted molar refractivity (Wildman–Crippen MR) is 286 cm³/mol. The van der Waals surface area contributed by atoms with Gasteiger partial charge in [0.05, 0.1) is 89.7 Å². The van der Waals surface area contributed by atoms with Crippen molar-refractivity contribution in [3.8, 4) is 33.8 Å². The van der Waals surface area contributed by atoms with Crippen molar-refractivity contribution in [2.24, 2.45) is 21.5 Å². The monoisotopic (exact) mass is 1010 g/mol. The highest BCUT2D eigenvalue weighted by molar-refractivity contribution is 6.08. The second kappa shape index (κ2) is 22.1. The number of pyridine rings is 2. The van der Waals surface area contributed by atoms with Gasteiger partial charge in [0.2, 0.25) is 0 Å². The van der Waals surface area contributed by atoms with E-state index in [1.165, 1.54) is 7.11 Å². The Bertz CT molecular complexity index is 3520. The average Bonchev–Trinajstić information content (AvgIpc) is 4.29. The van der Waals surface area contributed by atoms with Gasteiger partial charge in [-0.15, -0.1) is 0 Å². The van der Waals surface area contributed by atoms with Crippen LogP contribution in [0.15, 0.2) is 108 Å². The lowest BCUT2D eigenvalue weighted by molar-refractivity contribution is 0.0593. The van der Waals surface area contributed by atoms with Gasteiger partial charge >= 0.3 is 11.9 Å². The Morgan fingerprint density at radius 1 is 0.693 bits per heavy atom. The first-order valence-electron chi connectivity index (χ1n) is 24.5. The van der Waals surface area contributed by atoms with Crippen LogP contribution in [0.4, 0.5) is 22.7 Å². The number of benzene rings is 2. The number of amidine groups is 2. The molecule has 9 N–H and O–H groups in total. The highest BCUT2D eigenvalue weighted by atomic mass is 16.5. The topological polar surface area (TPSA) is 284 Å². The van der Waals surface area contributed by atoms with Crippen LogP contribution in [0.2, 0.25) is 0 Å². The fourth-order valence-electron chi connectivity index (χ4n) is 9.16. The minimum Gasteiger partial charge on any atom is -0.508 e. The van der Waals surface area contributed by atoms with Crippen LogP contribution in [0.3, 0.4) is 0 Å². The number of aliphatic imine (C=N–C) groups is 2. The summed E-state index contributed by atoms with van der Waals surface area (Å²) in [6.07, 6.45) is 13.5. The van der Waals surface area contributed by atoms with Gasteiger partial charge in [0.15, 0.2) is 0 Å². The highest BCUT2D eigenvalue weighted by Gasteiger charge is 2.24. The smallest absolute Gasteiger partial charge is 0.356 e. The zero-order chi connectivity index (χ0) is 52.9.